The highest BCUT2D eigenvalue weighted by Crippen LogP contribution is 2.21. The van der Waals surface area contributed by atoms with Gasteiger partial charge in [0.15, 0.2) is 5.47 Å². The molecule has 0 aliphatic carbocycles. The van der Waals surface area contributed by atoms with Gasteiger partial charge in [0.05, 0.1) is 0 Å². The molecule has 0 unspecified atom stereocenters. The first-order chi connectivity index (χ1) is 11.9. The molecule has 129 valence electrons. The van der Waals surface area contributed by atoms with Gasteiger partial charge in [0, 0.05) is 31.8 Å². The summed E-state index contributed by atoms with van der Waals surface area (Å²) in [4.78, 5) is 28.3. The second kappa shape index (κ2) is 8.09. The normalized spacial score (nSPS) is 11.0. The molecule has 3 radical (unpaired) electrons. The predicted molar refractivity (Wildman–Crippen MR) is 97.2 cm³/mol. The van der Waals surface area contributed by atoms with Gasteiger partial charge in [0.25, 0.3) is 11.8 Å². The Kier molecular flexibility index (Phi) is 6.11. The van der Waals surface area contributed by atoms with E-state index in [1.165, 1.54) is 9.80 Å². The lowest BCUT2D eigenvalue weighted by atomic mass is 10.2. The van der Waals surface area contributed by atoms with Gasteiger partial charge in [-0.05, 0) is 31.2 Å². The van der Waals surface area contributed by atoms with E-state index in [-0.39, 0.29) is 11.8 Å². The molecule has 25 heavy (non-hydrogen) atoms. The van der Waals surface area contributed by atoms with E-state index in [1.54, 1.807) is 69.6 Å². The molecule has 0 bridgehead atoms. The first-order valence-corrected chi connectivity index (χ1v) is 8.47. The number of rotatable bonds is 6. The fraction of sp³-hybridized carbons (Fsp3) is 0.263. The maximum Gasteiger partial charge on any atom is 0.256 e. The van der Waals surface area contributed by atoms with Gasteiger partial charge in [-0.25, -0.2) is 0 Å². The maximum atomic E-state index is 12.8. The largest absolute Gasteiger partial charge is 0.342 e. The van der Waals surface area contributed by atoms with Gasteiger partial charge >= 0.3 is 0 Å². The van der Waals surface area contributed by atoms with Crippen molar-refractivity contribution in [3.63, 3.8) is 0 Å². The summed E-state index contributed by atoms with van der Waals surface area (Å²) >= 11 is 0. The van der Waals surface area contributed by atoms with E-state index in [2.05, 4.69) is 10.2 Å². The monoisotopic (exact) mass is 353 g/mol. The summed E-state index contributed by atoms with van der Waals surface area (Å²) in [6.45, 7) is 2.11. The molecular weight excluding hydrogens is 332 g/mol. The number of nitrogens with zero attached hydrogens (tertiary/aromatic N) is 2. The minimum Gasteiger partial charge on any atom is -0.342 e. The van der Waals surface area contributed by atoms with Crippen molar-refractivity contribution in [2.45, 2.75) is 12.4 Å². The van der Waals surface area contributed by atoms with E-state index >= 15 is 0 Å². The van der Waals surface area contributed by atoms with Crippen LogP contribution >= 0.6 is 0 Å². The molecule has 0 N–H and O–H groups in total. The van der Waals surface area contributed by atoms with Crippen molar-refractivity contribution < 1.29 is 14.3 Å². The molecule has 0 heterocycles. The van der Waals surface area contributed by atoms with Crippen LogP contribution in [0.1, 0.15) is 27.6 Å². The van der Waals surface area contributed by atoms with E-state index in [4.69, 9.17) is 4.74 Å². The first kappa shape index (κ1) is 18.9. The van der Waals surface area contributed by atoms with Gasteiger partial charge < -0.3 is 14.5 Å². The number of carbonyl (C=O) groups is 2. The highest BCUT2D eigenvalue weighted by molar-refractivity contribution is 6.18. The second-order valence-corrected chi connectivity index (χ2v) is 6.15. The van der Waals surface area contributed by atoms with E-state index in [9.17, 15) is 9.59 Å². The Morgan fingerprint density at radius 1 is 0.880 bits per heavy atom. The van der Waals surface area contributed by atoms with Crippen molar-refractivity contribution in [1.82, 2.24) is 9.80 Å². The molecular formula is C19H21N2O3Si. The fourth-order valence-corrected chi connectivity index (χ4v) is 2.79. The van der Waals surface area contributed by atoms with Crippen molar-refractivity contribution in [3.05, 3.63) is 71.8 Å². The molecule has 2 amide bonds. The van der Waals surface area contributed by atoms with Crippen LogP contribution in [0.5, 0.6) is 0 Å². The molecule has 0 saturated heterocycles. The van der Waals surface area contributed by atoms with Crippen LogP contribution in [-0.2, 0) is 4.74 Å². The topological polar surface area (TPSA) is 49.9 Å². The van der Waals surface area contributed by atoms with Crippen molar-refractivity contribution in [1.29, 1.82) is 0 Å². The smallest absolute Gasteiger partial charge is 0.256 e. The summed E-state index contributed by atoms with van der Waals surface area (Å²) in [7, 11) is 6.70. The quantitative estimate of drug-likeness (QED) is 0.592. The molecule has 2 rings (SSSR count). The molecule has 2 aromatic carbocycles. The maximum absolute atomic E-state index is 12.8. The van der Waals surface area contributed by atoms with Crippen molar-refractivity contribution in [2.75, 3.05) is 20.7 Å². The Morgan fingerprint density at radius 2 is 1.24 bits per heavy atom. The average molecular weight is 353 g/mol. The second-order valence-electron chi connectivity index (χ2n) is 5.50. The Bertz CT molecular complexity index is 664. The summed E-state index contributed by atoms with van der Waals surface area (Å²) in [6.07, 6.45) is 0. The molecule has 0 aromatic heterocycles. The zero-order valence-electron chi connectivity index (χ0n) is 14.6. The lowest BCUT2D eigenvalue weighted by Gasteiger charge is -2.44. The molecule has 0 atom stereocenters. The predicted octanol–water partition coefficient (Wildman–Crippen LogP) is 2.35. The fourth-order valence-electron chi connectivity index (χ4n) is 2.44. The number of benzene rings is 2. The van der Waals surface area contributed by atoms with Crippen LogP contribution in [-0.4, -0.2) is 58.0 Å². The van der Waals surface area contributed by atoms with Crippen molar-refractivity contribution in [2.24, 2.45) is 0 Å². The minimum atomic E-state index is -1.41. The highest BCUT2D eigenvalue weighted by atomic mass is 28.1. The highest BCUT2D eigenvalue weighted by Gasteiger charge is 2.40. The summed E-state index contributed by atoms with van der Waals surface area (Å²) < 4.78 is 5.76. The van der Waals surface area contributed by atoms with Crippen LogP contribution < -0.4 is 0 Å². The van der Waals surface area contributed by atoms with Gasteiger partial charge in [0.1, 0.15) is 10.2 Å². The number of amides is 2. The van der Waals surface area contributed by atoms with Crippen molar-refractivity contribution >= 4 is 22.1 Å². The van der Waals surface area contributed by atoms with Gasteiger partial charge in [-0.1, -0.05) is 36.4 Å². The molecule has 0 spiro atoms. The minimum absolute atomic E-state index is 0.267. The summed E-state index contributed by atoms with van der Waals surface area (Å²) in [5.74, 6) is -0.534. The zero-order valence-corrected chi connectivity index (χ0v) is 15.6. The van der Waals surface area contributed by atoms with E-state index in [1.807, 2.05) is 12.1 Å². The van der Waals surface area contributed by atoms with Gasteiger partial charge in [0.2, 0.25) is 0 Å². The average Bonchev–Trinajstić information content (AvgIpc) is 2.67. The first-order valence-electron chi connectivity index (χ1n) is 7.97. The summed E-state index contributed by atoms with van der Waals surface area (Å²) in [5, 5.41) is 0. The third-order valence-electron chi connectivity index (χ3n) is 3.91. The van der Waals surface area contributed by atoms with Crippen LogP contribution in [0.2, 0.25) is 0 Å². The number of hydrogen-bond acceptors (Lipinski definition) is 3. The van der Waals surface area contributed by atoms with Crippen LogP contribution in [0, 0.1) is 0 Å². The third-order valence-corrected chi connectivity index (χ3v) is 4.72. The van der Waals surface area contributed by atoms with Gasteiger partial charge in [-0.3, -0.25) is 9.59 Å². The Morgan fingerprint density at radius 3 is 1.56 bits per heavy atom. The zero-order chi connectivity index (χ0) is 18.4. The van der Waals surface area contributed by atoms with E-state index in [0.717, 1.165) is 0 Å². The molecule has 6 heteroatoms. The Balaban J connectivity index is 2.33. The summed E-state index contributed by atoms with van der Waals surface area (Å²) in [6, 6.07) is 17.7. The Hall–Kier alpha value is -2.44. The standard InChI is InChI=1S/C19H21N2O3Si/c1-4-24-19(25,20(2)17(22)15-11-7-5-8-12-15)21(3)18(23)16-13-9-6-10-14-16/h5-14H,4H2,1-3H3. The number of hydrogen-bond donors (Lipinski definition) is 0. The van der Waals surface area contributed by atoms with Crippen LogP contribution in [0.3, 0.4) is 0 Å². The lowest BCUT2D eigenvalue weighted by molar-refractivity contribution is -0.137. The third kappa shape index (κ3) is 3.97. The molecule has 2 aromatic rings. The van der Waals surface area contributed by atoms with E-state index in [0.29, 0.717) is 17.7 Å². The molecule has 0 aliphatic rings. The number of carbonyl (C=O) groups excluding carboxylic acids is 2. The Labute approximate surface area is 151 Å². The van der Waals surface area contributed by atoms with Crippen LogP contribution in [0.4, 0.5) is 0 Å². The molecule has 0 aliphatic heterocycles. The van der Waals surface area contributed by atoms with Crippen LogP contribution in [0.15, 0.2) is 60.7 Å². The number of ether oxygens (including phenoxy) is 1. The van der Waals surface area contributed by atoms with Crippen LogP contribution in [0.25, 0.3) is 0 Å². The molecule has 5 nitrogen and oxygen atoms in total. The molecule has 0 fully saturated rings. The lowest BCUT2D eigenvalue weighted by Crippen LogP contribution is -2.63. The van der Waals surface area contributed by atoms with Gasteiger partial charge in [-0.15, -0.1) is 0 Å². The SMILES string of the molecule is CCOC([Si])(N(C)C(=O)c1ccccc1)N(C)C(=O)c1ccccc1. The van der Waals surface area contributed by atoms with E-state index < -0.39 is 5.47 Å². The summed E-state index contributed by atoms with van der Waals surface area (Å²) in [5.41, 5.74) is -0.394. The van der Waals surface area contributed by atoms with Crippen molar-refractivity contribution in [3.8, 4) is 0 Å². The molecule has 0 saturated carbocycles. The van der Waals surface area contributed by atoms with Gasteiger partial charge in [-0.2, -0.15) is 0 Å².